The Labute approximate surface area is 119 Å². The summed E-state index contributed by atoms with van der Waals surface area (Å²) < 4.78 is 0. The van der Waals surface area contributed by atoms with E-state index in [1.54, 1.807) is 18.2 Å². The number of carbonyl (C=O) groups excluding carboxylic acids is 1. The number of H-pyrrole nitrogens is 1. The smallest absolute Gasteiger partial charge is 0.372 e. The molecule has 0 saturated heterocycles. The molecule has 1 aliphatic rings. The molecule has 1 aromatic heterocycles. The third-order valence-corrected chi connectivity index (χ3v) is 3.18. The number of aliphatic hydroxyl groups is 1. The molecule has 0 saturated carbocycles. The molecular formula is C14H12NO6+. The number of aliphatic carboxylic acids is 2. The van der Waals surface area contributed by atoms with Gasteiger partial charge in [-0.2, -0.15) is 0 Å². The monoisotopic (exact) mass is 290 g/mol. The number of aromatic nitrogens is 1. The zero-order chi connectivity index (χ0) is 15.6. The molecule has 0 radical (unpaired) electrons. The average molecular weight is 290 g/mol. The van der Waals surface area contributed by atoms with Gasteiger partial charge in [0.25, 0.3) is 0 Å². The van der Waals surface area contributed by atoms with E-state index in [1.807, 2.05) is 0 Å². The second-order valence-electron chi connectivity index (χ2n) is 4.70. The number of hydrogen-bond donors (Lipinski definition) is 4. The van der Waals surface area contributed by atoms with E-state index in [2.05, 4.69) is 11.1 Å². The lowest BCUT2D eigenvalue weighted by atomic mass is 9.88. The summed E-state index contributed by atoms with van der Waals surface area (Å²) in [6.45, 7) is 0. The van der Waals surface area contributed by atoms with Crippen LogP contribution in [0.25, 0.3) is 12.2 Å². The summed E-state index contributed by atoms with van der Waals surface area (Å²) in [5.41, 5.74) is -0.633. The van der Waals surface area contributed by atoms with E-state index in [1.165, 1.54) is 6.20 Å². The first-order chi connectivity index (χ1) is 9.83. The molecule has 0 aliphatic heterocycles. The van der Waals surface area contributed by atoms with Crippen LogP contribution in [0.2, 0.25) is 0 Å². The standard InChI is InChI=1S/C14H11NO6/c16-11(12(17)18)6-14(21,13(19)20)5-8-7-15-10-4-2-1-3-9(8)10/h2-4,7,15,21H,5-6H2,(H-,17,18,19,20)/p+1/t14-/m0/s1. The predicted molar refractivity (Wildman–Crippen MR) is 71.1 cm³/mol. The zero-order valence-corrected chi connectivity index (χ0v) is 10.8. The van der Waals surface area contributed by atoms with Crippen molar-refractivity contribution in [2.75, 3.05) is 0 Å². The molecule has 1 heterocycles. The third-order valence-electron chi connectivity index (χ3n) is 3.18. The summed E-state index contributed by atoms with van der Waals surface area (Å²) in [6.07, 6.45) is 7.95. The molecule has 0 fully saturated rings. The molecule has 4 N–H and O–H groups in total. The van der Waals surface area contributed by atoms with Gasteiger partial charge in [0.15, 0.2) is 11.3 Å². The number of nitrogens with one attached hydrogen (secondary N) is 1. The number of rotatable bonds is 6. The highest BCUT2D eigenvalue weighted by atomic mass is 16.4. The molecule has 0 aromatic carbocycles. The van der Waals surface area contributed by atoms with Crippen LogP contribution in [-0.4, -0.2) is 43.6 Å². The zero-order valence-electron chi connectivity index (χ0n) is 10.8. The molecule has 21 heavy (non-hydrogen) atoms. The summed E-state index contributed by atoms with van der Waals surface area (Å²) >= 11 is 0. The summed E-state index contributed by atoms with van der Waals surface area (Å²) in [6, 6.07) is 0. The number of ketones is 1. The largest absolute Gasteiger partial charge is 0.479 e. The second-order valence-corrected chi connectivity index (χ2v) is 4.70. The molecule has 0 amide bonds. The van der Waals surface area contributed by atoms with Crippen molar-refractivity contribution >= 4 is 29.9 Å². The Kier molecular flexibility index (Phi) is 3.71. The van der Waals surface area contributed by atoms with Crippen LogP contribution in [0.5, 0.6) is 0 Å². The lowest BCUT2D eigenvalue weighted by Gasteiger charge is -2.21. The predicted octanol–water partition coefficient (Wildman–Crippen LogP) is 0.260. The van der Waals surface area contributed by atoms with Crippen molar-refractivity contribution in [3.05, 3.63) is 35.2 Å². The van der Waals surface area contributed by atoms with E-state index in [4.69, 9.17) is 10.2 Å². The second kappa shape index (κ2) is 5.32. The van der Waals surface area contributed by atoms with Gasteiger partial charge in [-0.25, -0.2) is 9.59 Å². The molecule has 1 atom stereocenters. The first-order valence-electron chi connectivity index (χ1n) is 6.01. The summed E-state index contributed by atoms with van der Waals surface area (Å²) in [5, 5.41) is 27.8. The normalized spacial score (nSPS) is 14.9. The summed E-state index contributed by atoms with van der Waals surface area (Å²) in [4.78, 5) is 35.9. The van der Waals surface area contributed by atoms with Crippen molar-refractivity contribution in [2.24, 2.45) is 0 Å². The first kappa shape index (κ1) is 14.6. The Morgan fingerprint density at radius 1 is 1.29 bits per heavy atom. The van der Waals surface area contributed by atoms with Crippen LogP contribution < -0.4 is 0 Å². The third kappa shape index (κ3) is 2.89. The van der Waals surface area contributed by atoms with Gasteiger partial charge in [0.2, 0.25) is 5.78 Å². The minimum atomic E-state index is -2.47. The van der Waals surface area contributed by atoms with Gasteiger partial charge in [-0.15, -0.1) is 0 Å². The quantitative estimate of drug-likeness (QED) is 0.439. The summed E-state index contributed by atoms with van der Waals surface area (Å²) in [5.74, 6) is -4.78. The molecule has 7 nitrogen and oxygen atoms in total. The molecule has 0 bridgehead atoms. The van der Waals surface area contributed by atoms with E-state index in [0.717, 1.165) is 5.69 Å². The van der Waals surface area contributed by atoms with Crippen LogP contribution in [-0.2, 0) is 20.8 Å². The number of allylic oxidation sites excluding steroid dienone is 2. The van der Waals surface area contributed by atoms with Gasteiger partial charge in [0.1, 0.15) is 17.7 Å². The molecule has 108 valence electrons. The van der Waals surface area contributed by atoms with Gasteiger partial charge in [-0.3, -0.25) is 4.79 Å². The number of carbonyl (C=O) groups is 3. The number of hydrogen-bond acceptors (Lipinski definition) is 4. The Hall–Kier alpha value is -2.76. The molecular weight excluding hydrogens is 278 g/mol. The first-order valence-corrected chi connectivity index (χ1v) is 6.01. The van der Waals surface area contributed by atoms with Gasteiger partial charge in [-0.1, -0.05) is 0 Å². The van der Waals surface area contributed by atoms with E-state index >= 15 is 0 Å². The number of carboxylic acid groups (broad SMARTS) is 2. The Morgan fingerprint density at radius 3 is 2.62 bits per heavy atom. The van der Waals surface area contributed by atoms with Gasteiger partial charge in [0, 0.05) is 24.3 Å². The minimum absolute atomic E-state index is 0.390. The number of carboxylic acids is 2. The highest BCUT2D eigenvalue weighted by Gasteiger charge is 2.41. The lowest BCUT2D eigenvalue weighted by Crippen LogP contribution is -2.44. The van der Waals surface area contributed by atoms with E-state index in [0.29, 0.717) is 11.1 Å². The van der Waals surface area contributed by atoms with Crippen LogP contribution >= 0.6 is 0 Å². The topological polar surface area (TPSA) is 128 Å². The van der Waals surface area contributed by atoms with Crippen LogP contribution in [0.15, 0.2) is 12.3 Å². The Morgan fingerprint density at radius 2 is 2.00 bits per heavy atom. The van der Waals surface area contributed by atoms with Crippen molar-refractivity contribution in [1.29, 1.82) is 0 Å². The van der Waals surface area contributed by atoms with Crippen LogP contribution in [0, 0.1) is 6.08 Å². The van der Waals surface area contributed by atoms with Crippen molar-refractivity contribution in [2.45, 2.75) is 18.4 Å². The summed E-state index contributed by atoms with van der Waals surface area (Å²) in [7, 11) is 0. The highest BCUT2D eigenvalue weighted by Crippen LogP contribution is 2.26. The fraction of sp³-hybridized carbons (Fsp3) is 0.214. The molecule has 1 aliphatic carbocycles. The molecule has 0 unspecified atom stereocenters. The van der Waals surface area contributed by atoms with Gasteiger partial charge in [-0.05, 0) is 0 Å². The van der Waals surface area contributed by atoms with Crippen molar-refractivity contribution in [3.8, 4) is 0 Å². The Bertz CT molecular complexity index is 669. The van der Waals surface area contributed by atoms with Crippen LogP contribution in [0.3, 0.4) is 0 Å². The maximum atomic E-state index is 11.2. The van der Waals surface area contributed by atoms with E-state index in [-0.39, 0.29) is 6.42 Å². The fourth-order valence-electron chi connectivity index (χ4n) is 2.08. The minimum Gasteiger partial charge on any atom is -0.479 e. The average Bonchev–Trinajstić information content (AvgIpc) is 2.81. The molecule has 7 heteroatoms. The maximum absolute atomic E-state index is 11.2. The lowest BCUT2D eigenvalue weighted by molar-refractivity contribution is -0.163. The van der Waals surface area contributed by atoms with E-state index in [9.17, 15) is 19.5 Å². The molecule has 0 spiro atoms. The Balaban J connectivity index is 2.29. The van der Waals surface area contributed by atoms with Gasteiger partial charge >= 0.3 is 11.9 Å². The number of Topliss-reactive ketones (excluding diaryl/α,β-unsaturated/α-hetero) is 1. The van der Waals surface area contributed by atoms with Crippen LogP contribution in [0.4, 0.5) is 0 Å². The number of aromatic amines is 1. The van der Waals surface area contributed by atoms with Gasteiger partial charge in [0.05, 0.1) is 12.5 Å². The van der Waals surface area contributed by atoms with Crippen LogP contribution in [0.1, 0.15) is 23.2 Å². The highest BCUT2D eigenvalue weighted by molar-refractivity contribution is 6.33. The van der Waals surface area contributed by atoms with Crippen molar-refractivity contribution in [3.63, 3.8) is 0 Å². The van der Waals surface area contributed by atoms with Gasteiger partial charge < -0.3 is 20.3 Å². The maximum Gasteiger partial charge on any atom is 0.372 e. The van der Waals surface area contributed by atoms with Crippen molar-refractivity contribution in [1.82, 2.24) is 4.98 Å². The molecule has 2 rings (SSSR count). The fourth-order valence-corrected chi connectivity index (χ4v) is 2.08. The van der Waals surface area contributed by atoms with Crippen molar-refractivity contribution < 1.29 is 29.7 Å². The van der Waals surface area contributed by atoms with E-state index < -0.39 is 29.7 Å². The SMILES string of the molecule is O=C(O)C(=O)C[C@@](O)(Cc1c[nH]c2c1C=[C+]C=C2)C(=O)O. The number of fused-ring (bicyclic) bond motifs is 1. The molecule has 1 aromatic rings.